The van der Waals surface area contributed by atoms with Gasteiger partial charge in [0, 0.05) is 32.6 Å². The number of carbonyl (C=O) groups is 19. The lowest BCUT2D eigenvalue weighted by atomic mass is 10.0. The third-order valence-corrected chi connectivity index (χ3v) is 21.1. The van der Waals surface area contributed by atoms with Crippen molar-refractivity contribution in [2.75, 3.05) is 72.1 Å². The lowest BCUT2D eigenvalue weighted by Gasteiger charge is -2.29. The third kappa shape index (κ3) is 48.0. The molecule has 0 spiro atoms. The zero-order valence-corrected chi connectivity index (χ0v) is 77.9. The number of nitrogens with zero attached hydrogens (tertiary/aromatic N) is 1. The summed E-state index contributed by atoms with van der Waals surface area (Å²) < 4.78 is 0. The number of amides is 18. The molecule has 0 radical (unpaired) electrons. The Kier molecular flexibility index (Phi) is 58.8. The molecule has 56 heteroatoms. The van der Waals surface area contributed by atoms with Gasteiger partial charge in [0.05, 0.1) is 44.1 Å². The Hall–Kier alpha value is -12.6. The maximum absolute atomic E-state index is 14.4. The van der Waals surface area contributed by atoms with Crippen LogP contribution >= 0.6 is 0 Å². The molecule has 18 amide bonds. The van der Waals surface area contributed by atoms with Gasteiger partial charge in [-0.25, -0.2) is 4.79 Å². The smallest absolute Gasteiger partial charge is 0.326 e. The second kappa shape index (κ2) is 65.9. The van der Waals surface area contributed by atoms with Gasteiger partial charge in [-0.2, -0.15) is 0 Å². The van der Waals surface area contributed by atoms with Crippen molar-refractivity contribution >= 4 is 130 Å². The van der Waals surface area contributed by atoms with E-state index in [2.05, 4.69) is 101 Å². The fourth-order valence-corrected chi connectivity index (χ4v) is 13.4. The number of guanidine groups is 3. The van der Waals surface area contributed by atoms with E-state index in [-0.39, 0.29) is 161 Å². The number of likely N-dealkylation sites (tertiary alicyclic amines) is 1. The topological polar surface area (TPSA) is 963 Å². The molecule has 45 N–H and O–H groups in total. The van der Waals surface area contributed by atoms with E-state index < -0.39 is 266 Å². The number of hydrogen-bond donors (Lipinski definition) is 36. The molecule has 0 unspecified atom stereocenters. The SMILES string of the molecule is C[C@H](N)C(=O)N[C@@H](CCCNC(=N)N)C(=O)N[C@H](C(=O)N[C@@H](CCCCN)C(=O)N[C@@H](CCC(N)=O)C(=O)N[C@H](C(=O)N[C@@H](C)C(=O)N[C@@H](CCCNC(=N)N)C(=O)N[C@@H](CCCCN)C(=O)N[C@@H](CO)C(=O)N[C@H](C(=O)NCC(=O)NCC(=O)N[C@@H](CCCCN)C(=O)N[C@@H](C)C(=O)N1CCC[C@H]1C(=O)N[C@@H](CCCNC(=N)N)C(=O)N[C@@H](CCCCN)C(=O)O)[C@@H](C)O)[C@@H](C)O)[C@@H](C)O. The first-order valence-electron chi connectivity index (χ1n) is 45.1. The monoisotopic (exact) mass is 1940 g/mol. The van der Waals surface area contributed by atoms with E-state index in [0.717, 1.165) is 27.7 Å². The fraction of sp³-hybridized carbons (Fsp3) is 0.725. The fourth-order valence-electron chi connectivity index (χ4n) is 13.4. The number of aliphatic hydroxyl groups is 4. The normalized spacial score (nSPS) is 16.1. The molecule has 1 saturated heterocycles. The number of rotatable bonds is 69. The summed E-state index contributed by atoms with van der Waals surface area (Å²) in [5.74, 6) is -20.8. The number of aliphatic carboxylic acids is 1. The summed E-state index contributed by atoms with van der Waals surface area (Å²) in [4.78, 5) is 260. The van der Waals surface area contributed by atoms with Crippen LogP contribution < -0.4 is 153 Å². The Balaban J connectivity index is 3.37. The Morgan fingerprint density at radius 2 is 0.662 bits per heavy atom. The highest BCUT2D eigenvalue weighted by Crippen LogP contribution is 2.21. The summed E-state index contributed by atoms with van der Waals surface area (Å²) in [6.45, 7) is 5.05. The molecule has 19 atom stereocenters. The number of nitrogens with two attached hydrogens (primary N) is 9. The molecule has 0 saturated carbocycles. The lowest BCUT2D eigenvalue weighted by Crippen LogP contribution is -2.62. The van der Waals surface area contributed by atoms with Crippen molar-refractivity contribution in [2.24, 2.45) is 51.6 Å². The maximum Gasteiger partial charge on any atom is 0.326 e. The van der Waals surface area contributed by atoms with E-state index in [1.807, 2.05) is 0 Å². The number of primary amides is 1. The number of unbranched alkanes of at least 4 members (excludes halogenated alkanes) is 4. The molecule has 1 aliphatic rings. The van der Waals surface area contributed by atoms with Crippen LogP contribution in [0.25, 0.3) is 0 Å². The van der Waals surface area contributed by atoms with Crippen molar-refractivity contribution in [1.29, 1.82) is 16.2 Å². The van der Waals surface area contributed by atoms with Crippen LogP contribution in [0.15, 0.2) is 0 Å². The predicted molar refractivity (Wildman–Crippen MR) is 490 cm³/mol. The Labute approximate surface area is 787 Å². The second-order valence-corrected chi connectivity index (χ2v) is 32.8. The standard InChI is InChI=1S/C80H148N32O24/c1-40(85)62(120)101-51(25-17-35-95-80(91)92)69(127)111-61(45(6)116)75(133)106-48(21-9-13-31-83)65(123)104-52(27-28-56(86)117)70(128)110-60(44(5)115)74(132)98-41(2)63(121)102-49(23-15-33-93-78(87)88)66(124)103-47(20-8-12-30-82)68(126)108-54(39-113)71(129)109-59(43(4)114)73(131)97-37-57(118)96-38-58(119)100-46(19-7-11-29-81)64(122)99-42(3)76(134)112-36-18-26-55(112)72(130)105-50(24-16-34-94-79(89)90)67(125)107-53(77(135)136)22-10-14-32-84/h40-55,59-61,113-116H,7-39,81-85H2,1-6H3,(H2,86,117)(H,96,118)(H,97,131)(H,98,132)(H,99,122)(H,100,119)(H,101,120)(H,102,121)(H,103,124)(H,104,123)(H,105,130)(H,106,133)(H,107,125)(H,108,126)(H,109,129)(H,110,128)(H,111,127)(H,135,136)(H4,87,88,93)(H4,89,90,94)(H4,91,92,95)/t40-,41-,42-,43+,44+,45+,46-,47-,48-,49-,50-,51-,52-,53-,54-,55-,59-,60-,61-/m0/s1. The highest BCUT2D eigenvalue weighted by Gasteiger charge is 2.42. The molecule has 1 aliphatic heterocycles. The van der Waals surface area contributed by atoms with Gasteiger partial charge in [-0.05, 0) is 203 Å². The van der Waals surface area contributed by atoms with Gasteiger partial charge in [0.2, 0.25) is 106 Å². The van der Waals surface area contributed by atoms with Gasteiger partial charge in [-0.3, -0.25) is 103 Å². The van der Waals surface area contributed by atoms with E-state index in [4.69, 9.17) is 67.8 Å². The number of aliphatic hydroxyl groups excluding tert-OH is 4. The van der Waals surface area contributed by atoms with Crippen LogP contribution in [0.4, 0.5) is 0 Å². The number of carboxylic acids is 1. The predicted octanol–water partition coefficient (Wildman–Crippen LogP) is -14.8. The molecule has 136 heavy (non-hydrogen) atoms. The highest BCUT2D eigenvalue weighted by atomic mass is 16.4. The first kappa shape index (κ1) is 121. The molecule has 1 fully saturated rings. The molecular formula is C80H148N32O24. The molecule has 772 valence electrons. The average Bonchev–Trinajstić information content (AvgIpc) is 1.51. The second-order valence-electron chi connectivity index (χ2n) is 32.8. The van der Waals surface area contributed by atoms with E-state index in [0.29, 0.717) is 32.1 Å². The van der Waals surface area contributed by atoms with Gasteiger partial charge in [-0.15, -0.1) is 0 Å². The van der Waals surface area contributed by atoms with Crippen LogP contribution in [-0.4, -0.2) is 348 Å². The van der Waals surface area contributed by atoms with Crippen LogP contribution in [0.5, 0.6) is 0 Å². The molecule has 1 heterocycles. The van der Waals surface area contributed by atoms with Gasteiger partial charge in [-0.1, -0.05) is 0 Å². The maximum atomic E-state index is 14.4. The van der Waals surface area contributed by atoms with E-state index in [1.54, 1.807) is 0 Å². The zero-order chi connectivity index (χ0) is 103. The number of carboxylic acid groups (broad SMARTS) is 1. The molecule has 0 bridgehead atoms. The van der Waals surface area contributed by atoms with Crippen LogP contribution in [0.3, 0.4) is 0 Å². The molecule has 0 aromatic rings. The highest BCUT2D eigenvalue weighted by molar-refractivity contribution is 6.01. The molecule has 56 nitrogen and oxygen atoms in total. The van der Waals surface area contributed by atoms with Crippen LogP contribution in [-0.2, 0) is 91.1 Å². The molecule has 0 aromatic carbocycles. The van der Waals surface area contributed by atoms with Crippen LogP contribution in [0.2, 0.25) is 0 Å². The minimum atomic E-state index is -1.97. The van der Waals surface area contributed by atoms with Crippen molar-refractivity contribution in [2.45, 2.75) is 298 Å². The number of hydrogen-bond acceptors (Lipinski definition) is 31. The van der Waals surface area contributed by atoms with E-state index >= 15 is 0 Å². The van der Waals surface area contributed by atoms with Crippen molar-refractivity contribution in [3.05, 3.63) is 0 Å². The molecule has 1 rings (SSSR count). The van der Waals surface area contributed by atoms with Gasteiger partial charge in [0.25, 0.3) is 0 Å². The van der Waals surface area contributed by atoms with Crippen molar-refractivity contribution in [3.63, 3.8) is 0 Å². The number of nitrogens with one attached hydrogen (secondary N) is 22. The summed E-state index contributed by atoms with van der Waals surface area (Å²) in [6, 6.07) is -24.7. The summed E-state index contributed by atoms with van der Waals surface area (Å²) >= 11 is 0. The zero-order valence-electron chi connectivity index (χ0n) is 77.9. The van der Waals surface area contributed by atoms with E-state index in [9.17, 15) is 117 Å². The van der Waals surface area contributed by atoms with Gasteiger partial charge >= 0.3 is 5.97 Å². The minimum absolute atomic E-state index is 0.0225. The lowest BCUT2D eigenvalue weighted by molar-refractivity contribution is -0.143. The summed E-state index contributed by atoms with van der Waals surface area (Å²) in [5, 5.41) is 121. The molecule has 0 aromatic heterocycles. The van der Waals surface area contributed by atoms with Crippen LogP contribution in [0.1, 0.15) is 183 Å². The largest absolute Gasteiger partial charge is 0.480 e. The third-order valence-electron chi connectivity index (χ3n) is 21.1. The summed E-state index contributed by atoms with van der Waals surface area (Å²) in [5.41, 5.74) is 50.1. The first-order valence-corrected chi connectivity index (χ1v) is 45.1. The molecule has 0 aliphatic carbocycles. The number of carbonyl (C=O) groups excluding carboxylic acids is 18. The summed E-state index contributed by atoms with van der Waals surface area (Å²) in [7, 11) is 0. The Bertz CT molecular complexity index is 3960. The van der Waals surface area contributed by atoms with E-state index in [1.165, 1.54) is 18.7 Å². The van der Waals surface area contributed by atoms with Crippen molar-refractivity contribution in [3.8, 4) is 0 Å². The van der Waals surface area contributed by atoms with Gasteiger partial charge in [0.1, 0.15) is 90.6 Å². The summed E-state index contributed by atoms with van der Waals surface area (Å²) in [6.07, 6.45) is -3.94. The van der Waals surface area contributed by atoms with Gasteiger partial charge in [0.15, 0.2) is 17.9 Å². The van der Waals surface area contributed by atoms with Crippen molar-refractivity contribution in [1.82, 2.24) is 106 Å². The first-order chi connectivity index (χ1) is 64.1. The Morgan fingerprint density at radius 1 is 0.346 bits per heavy atom. The molecular weight excluding hydrogens is 1790 g/mol. The van der Waals surface area contributed by atoms with Gasteiger partial charge < -0.3 is 183 Å². The average molecular weight is 1940 g/mol. The quantitative estimate of drug-likeness (QED) is 0.0153. The Morgan fingerprint density at radius 3 is 1.05 bits per heavy atom. The van der Waals surface area contributed by atoms with Crippen LogP contribution in [0, 0.1) is 16.2 Å². The minimum Gasteiger partial charge on any atom is -0.480 e. The van der Waals surface area contributed by atoms with Crippen molar-refractivity contribution < 1.29 is 117 Å².